The maximum absolute atomic E-state index is 12.4. The molecule has 7 rings (SSSR count). The van der Waals surface area contributed by atoms with Crippen molar-refractivity contribution in [2.45, 2.75) is 19.3 Å². The van der Waals surface area contributed by atoms with E-state index in [4.69, 9.17) is 13.8 Å². The number of ether oxygens (including phenoxy) is 1. The van der Waals surface area contributed by atoms with Crippen LogP contribution in [-0.2, 0) is 5.41 Å². The molecule has 0 radical (unpaired) electrons. The van der Waals surface area contributed by atoms with Gasteiger partial charge in [-0.1, -0.05) is 0 Å². The molecule has 0 aliphatic carbocycles. The summed E-state index contributed by atoms with van der Waals surface area (Å²) in [4.78, 5) is 49.7. The van der Waals surface area contributed by atoms with Crippen LogP contribution in [0.4, 0.5) is 0 Å². The van der Waals surface area contributed by atoms with Gasteiger partial charge in [-0.15, -0.1) is 0 Å². The predicted molar refractivity (Wildman–Crippen MR) is 193 cm³/mol. The van der Waals surface area contributed by atoms with E-state index in [-0.39, 0.29) is 44.2 Å². The van der Waals surface area contributed by atoms with Crippen LogP contribution in [0.15, 0.2) is 158 Å². The van der Waals surface area contributed by atoms with E-state index in [0.717, 1.165) is 11.1 Å². The van der Waals surface area contributed by atoms with Crippen LogP contribution >= 0.6 is 14.6 Å². The van der Waals surface area contributed by atoms with Crippen molar-refractivity contribution in [2.75, 3.05) is 0 Å². The van der Waals surface area contributed by atoms with Gasteiger partial charge in [0.25, 0.3) is 0 Å². The van der Waals surface area contributed by atoms with E-state index in [1.54, 1.807) is 146 Å². The number of hydrogen-bond acceptors (Lipinski definition) is 7. The average Bonchev–Trinajstić information content (AvgIpc) is 3.11. The van der Waals surface area contributed by atoms with Crippen LogP contribution in [0.25, 0.3) is 0 Å². The van der Waals surface area contributed by atoms with Crippen molar-refractivity contribution >= 4 is 35.8 Å². The molecule has 0 aromatic heterocycles. The first-order chi connectivity index (χ1) is 22.9. The van der Waals surface area contributed by atoms with Gasteiger partial charge in [-0.3, -0.25) is 0 Å². The van der Waals surface area contributed by atoms with Gasteiger partial charge in [-0.05, 0) is 0 Å². The fourth-order valence-corrected chi connectivity index (χ4v) is 11.2. The number of para-hydroxylation sites is 2. The van der Waals surface area contributed by atoms with Crippen LogP contribution in [0.1, 0.15) is 25.0 Å². The normalized spacial score (nSPS) is 15.3. The molecular formula is C39H36O7P2. The van der Waals surface area contributed by atoms with Crippen LogP contribution in [0, 0.1) is 0 Å². The molecule has 1 aliphatic heterocycles. The molecule has 0 fully saturated rings. The van der Waals surface area contributed by atoms with Crippen LogP contribution in [-0.4, -0.2) is 19.6 Å². The van der Waals surface area contributed by atoms with Crippen molar-refractivity contribution < 1.29 is 33.4 Å². The molecule has 7 nitrogen and oxygen atoms in total. The van der Waals surface area contributed by atoms with Gasteiger partial charge < -0.3 is 0 Å². The Morgan fingerprint density at radius 2 is 0.708 bits per heavy atom. The van der Waals surface area contributed by atoms with E-state index < -0.39 is 20.0 Å². The summed E-state index contributed by atoms with van der Waals surface area (Å²) >= 11 is 0. The Hall–Kier alpha value is -4.58. The van der Waals surface area contributed by atoms with Crippen molar-refractivity contribution in [3.05, 3.63) is 169 Å². The molecule has 6 aromatic carbocycles. The Morgan fingerprint density at radius 1 is 0.417 bits per heavy atom. The molecule has 48 heavy (non-hydrogen) atoms. The quantitative estimate of drug-likeness (QED) is 0.132. The van der Waals surface area contributed by atoms with E-state index in [1.807, 2.05) is 26.0 Å². The van der Waals surface area contributed by atoms with Crippen molar-refractivity contribution in [2.24, 2.45) is 0 Å². The van der Waals surface area contributed by atoms with Gasteiger partial charge in [-0.2, -0.15) is 0 Å². The van der Waals surface area contributed by atoms with Crippen molar-refractivity contribution in [3.8, 4) is 23.0 Å². The third kappa shape index (κ3) is 5.08. The number of benzene rings is 6. The van der Waals surface area contributed by atoms with Gasteiger partial charge >= 0.3 is 280 Å². The second kappa shape index (κ2) is 11.3. The molecule has 0 unspecified atom stereocenters. The van der Waals surface area contributed by atoms with Gasteiger partial charge in [0.2, 0.25) is 0 Å². The first kappa shape index (κ1) is 32.0. The molecule has 1 heterocycles. The molecular weight excluding hydrogens is 642 g/mol. The summed E-state index contributed by atoms with van der Waals surface area (Å²) in [7, 11) is -10.6. The van der Waals surface area contributed by atoms with Crippen molar-refractivity contribution in [3.63, 3.8) is 0 Å². The van der Waals surface area contributed by atoms with Crippen LogP contribution in [0.2, 0.25) is 0 Å². The molecule has 0 saturated heterocycles. The molecule has 1 aliphatic rings. The zero-order valence-electron chi connectivity index (χ0n) is 26.4. The van der Waals surface area contributed by atoms with Crippen LogP contribution in [0.3, 0.4) is 0 Å². The molecule has 0 amide bonds. The van der Waals surface area contributed by atoms with E-state index in [0.29, 0.717) is 0 Å². The van der Waals surface area contributed by atoms with Gasteiger partial charge in [0.05, 0.1) is 0 Å². The first-order valence-corrected chi connectivity index (χ1v) is 19.6. The third-order valence-electron chi connectivity index (χ3n) is 8.94. The van der Waals surface area contributed by atoms with E-state index in [2.05, 4.69) is 0 Å². The summed E-state index contributed by atoms with van der Waals surface area (Å²) in [5.74, 6) is 0.720. The summed E-state index contributed by atoms with van der Waals surface area (Å²) in [6.07, 6.45) is 0. The molecule has 0 atom stereocenters. The van der Waals surface area contributed by atoms with Gasteiger partial charge in [-0.25, -0.2) is 0 Å². The first-order valence-electron chi connectivity index (χ1n) is 15.5. The summed E-state index contributed by atoms with van der Waals surface area (Å²) in [5.41, 5.74) is 0.769. The topological polar surface area (TPSA) is 109 Å². The monoisotopic (exact) mass is 678 g/mol. The Kier molecular flexibility index (Phi) is 7.50. The minimum absolute atomic E-state index is 0.105. The zero-order chi connectivity index (χ0) is 33.7. The average molecular weight is 679 g/mol. The predicted octanol–water partition coefficient (Wildman–Crippen LogP) is 6.74. The number of fused-ring (bicyclic) bond motifs is 2. The molecule has 0 spiro atoms. The summed E-state index contributed by atoms with van der Waals surface area (Å²) < 4.78 is 19.6. The van der Waals surface area contributed by atoms with E-state index >= 15 is 0 Å². The number of hydrogen-bond donors (Lipinski definition) is 4. The molecule has 0 bridgehead atoms. The standard InChI is InChI=1S/C39H36O7P2/c1-39(2)33-25-15-27-35(45-47(40,41,29-17-7-3-8-18-29)30-19-9-4-10-20-30)37(33)44-38-34(39)26-16-28-36(38)46-48(42,43,31-21-11-5-12-22-31)32-23-13-6-14-24-32/h3-28,40-43H,1-2H3. The van der Waals surface area contributed by atoms with Crippen LogP contribution in [0.5, 0.6) is 23.0 Å². The maximum atomic E-state index is 12.4. The van der Waals surface area contributed by atoms with Gasteiger partial charge in [0, 0.05) is 0 Å². The van der Waals surface area contributed by atoms with Gasteiger partial charge in [0.15, 0.2) is 0 Å². The Bertz CT molecular complexity index is 1870. The minimum atomic E-state index is -5.29. The van der Waals surface area contributed by atoms with Gasteiger partial charge in [0.1, 0.15) is 0 Å². The Labute approximate surface area is 279 Å². The Balaban J connectivity index is 1.39. The molecule has 4 N–H and O–H groups in total. The van der Waals surface area contributed by atoms with Crippen molar-refractivity contribution in [1.29, 1.82) is 0 Å². The Morgan fingerprint density at radius 3 is 1.00 bits per heavy atom. The molecule has 244 valence electrons. The molecule has 6 aromatic rings. The fraction of sp³-hybridized carbons (Fsp3) is 0.0769. The van der Waals surface area contributed by atoms with Crippen LogP contribution < -0.4 is 35.0 Å². The van der Waals surface area contributed by atoms with E-state index in [9.17, 15) is 19.6 Å². The number of rotatable bonds is 8. The SMILES string of the molecule is CC1(C)c2cccc(OP(O)(O)(c3ccccc3)c3ccccc3)c2Oc2c(OP(O)(O)(c3ccccc3)c3ccccc3)cccc21. The second-order valence-corrected chi connectivity index (χ2v) is 18.6. The summed E-state index contributed by atoms with van der Waals surface area (Å²) in [6.45, 7) is 4.03. The summed E-state index contributed by atoms with van der Waals surface area (Å²) in [5, 5.41) is 0.872. The van der Waals surface area contributed by atoms with Crippen molar-refractivity contribution in [1.82, 2.24) is 0 Å². The molecule has 9 heteroatoms. The van der Waals surface area contributed by atoms with E-state index in [1.165, 1.54) is 0 Å². The molecule has 0 saturated carbocycles. The zero-order valence-corrected chi connectivity index (χ0v) is 28.2. The third-order valence-corrected chi connectivity index (χ3v) is 14.9. The fourth-order valence-electron chi connectivity index (χ4n) is 6.29. The second-order valence-electron chi connectivity index (χ2n) is 12.4. The summed E-state index contributed by atoms with van der Waals surface area (Å²) in [6, 6.07) is 44.7.